The minimum absolute atomic E-state index is 0.111. The van der Waals surface area contributed by atoms with E-state index in [4.69, 9.17) is 0 Å². The number of nitrogens with zero attached hydrogens (tertiary/aromatic N) is 1. The van der Waals surface area contributed by atoms with Crippen molar-refractivity contribution < 1.29 is 14.3 Å². The van der Waals surface area contributed by atoms with Gasteiger partial charge in [-0.1, -0.05) is 29.8 Å². The van der Waals surface area contributed by atoms with Crippen LogP contribution in [0.4, 0.5) is 0 Å². The lowest BCUT2D eigenvalue weighted by atomic mass is 9.88. The second-order valence-corrected chi connectivity index (χ2v) is 5.19. The van der Waals surface area contributed by atoms with Gasteiger partial charge in [0, 0.05) is 31.8 Å². The Morgan fingerprint density at radius 1 is 1.14 bits per heavy atom. The number of aryl methyl sites for hydroxylation is 2. The number of benzene rings is 1. The SMILES string of the molecule is COC(=O)C(=O)C[C@H](c1ccc(C)cc1)c1ccn(C)c1. The quantitative estimate of drug-likeness (QED) is 0.626. The summed E-state index contributed by atoms with van der Waals surface area (Å²) in [5, 5.41) is 0. The molecule has 0 saturated heterocycles. The van der Waals surface area contributed by atoms with Crippen molar-refractivity contribution in [2.45, 2.75) is 19.3 Å². The van der Waals surface area contributed by atoms with Crippen LogP contribution in [0.5, 0.6) is 0 Å². The molecule has 2 rings (SSSR count). The minimum Gasteiger partial charge on any atom is -0.463 e. The monoisotopic (exact) mass is 285 g/mol. The highest BCUT2D eigenvalue weighted by molar-refractivity contribution is 6.33. The average Bonchev–Trinajstić information content (AvgIpc) is 2.91. The van der Waals surface area contributed by atoms with E-state index in [2.05, 4.69) is 4.74 Å². The number of ether oxygens (including phenoxy) is 1. The van der Waals surface area contributed by atoms with Crippen LogP contribution in [0.15, 0.2) is 42.7 Å². The van der Waals surface area contributed by atoms with Gasteiger partial charge in [-0.15, -0.1) is 0 Å². The fraction of sp³-hybridized carbons (Fsp3) is 0.294. The van der Waals surface area contributed by atoms with Crippen LogP contribution in [0.2, 0.25) is 0 Å². The summed E-state index contributed by atoms with van der Waals surface area (Å²) in [5.41, 5.74) is 3.19. The lowest BCUT2D eigenvalue weighted by molar-refractivity contribution is -0.151. The van der Waals surface area contributed by atoms with Gasteiger partial charge in [-0.25, -0.2) is 4.79 Å². The van der Waals surface area contributed by atoms with E-state index in [-0.39, 0.29) is 12.3 Å². The van der Waals surface area contributed by atoms with Gasteiger partial charge in [0.1, 0.15) is 0 Å². The van der Waals surface area contributed by atoms with Gasteiger partial charge in [0.25, 0.3) is 0 Å². The molecule has 0 aliphatic rings. The second kappa shape index (κ2) is 6.39. The van der Waals surface area contributed by atoms with Crippen LogP contribution in [0.3, 0.4) is 0 Å². The first-order chi connectivity index (χ1) is 10.0. The predicted molar refractivity (Wildman–Crippen MR) is 80.1 cm³/mol. The molecule has 4 nitrogen and oxygen atoms in total. The molecule has 0 radical (unpaired) electrons. The van der Waals surface area contributed by atoms with E-state index in [0.29, 0.717) is 0 Å². The summed E-state index contributed by atoms with van der Waals surface area (Å²) in [4.78, 5) is 23.3. The maximum absolute atomic E-state index is 11.9. The molecule has 0 amide bonds. The van der Waals surface area contributed by atoms with Crippen LogP contribution < -0.4 is 0 Å². The number of hydrogen-bond acceptors (Lipinski definition) is 3. The largest absolute Gasteiger partial charge is 0.463 e. The topological polar surface area (TPSA) is 48.3 Å². The average molecular weight is 285 g/mol. The van der Waals surface area contributed by atoms with E-state index >= 15 is 0 Å². The highest BCUT2D eigenvalue weighted by atomic mass is 16.5. The summed E-state index contributed by atoms with van der Waals surface area (Å²) >= 11 is 0. The summed E-state index contributed by atoms with van der Waals surface area (Å²) < 4.78 is 6.44. The van der Waals surface area contributed by atoms with E-state index in [1.54, 1.807) is 0 Å². The first-order valence-electron chi connectivity index (χ1n) is 6.81. The molecule has 0 aliphatic carbocycles. The van der Waals surface area contributed by atoms with Crippen LogP contribution in [0.25, 0.3) is 0 Å². The number of hydrogen-bond donors (Lipinski definition) is 0. The third-order valence-electron chi connectivity index (χ3n) is 3.54. The second-order valence-electron chi connectivity index (χ2n) is 5.19. The zero-order valence-corrected chi connectivity index (χ0v) is 12.5. The Bertz CT molecular complexity index is 640. The molecule has 0 saturated carbocycles. The Hall–Kier alpha value is -2.36. The Balaban J connectivity index is 2.32. The van der Waals surface area contributed by atoms with Crippen LogP contribution in [0.1, 0.15) is 29.0 Å². The van der Waals surface area contributed by atoms with E-state index in [9.17, 15) is 9.59 Å². The molecular weight excluding hydrogens is 266 g/mol. The maximum Gasteiger partial charge on any atom is 0.374 e. The van der Waals surface area contributed by atoms with Crippen molar-refractivity contribution in [2.75, 3.05) is 7.11 Å². The molecule has 21 heavy (non-hydrogen) atoms. The molecule has 1 atom stereocenters. The summed E-state index contributed by atoms with van der Waals surface area (Å²) in [6, 6.07) is 9.98. The number of carbonyl (C=O) groups is 2. The Morgan fingerprint density at radius 3 is 2.33 bits per heavy atom. The third kappa shape index (κ3) is 3.60. The highest BCUT2D eigenvalue weighted by Crippen LogP contribution is 2.29. The number of carbonyl (C=O) groups excluding carboxylic acids is 2. The fourth-order valence-electron chi connectivity index (χ4n) is 2.34. The van der Waals surface area contributed by atoms with Crippen molar-refractivity contribution in [1.29, 1.82) is 0 Å². The molecule has 0 spiro atoms. The molecule has 1 heterocycles. The maximum atomic E-state index is 11.9. The number of rotatable bonds is 5. The van der Waals surface area contributed by atoms with E-state index < -0.39 is 11.8 Å². The summed E-state index contributed by atoms with van der Waals surface area (Å²) in [5.74, 6) is -1.44. The number of aromatic nitrogens is 1. The molecule has 110 valence electrons. The smallest absolute Gasteiger partial charge is 0.374 e. The zero-order valence-electron chi connectivity index (χ0n) is 12.5. The molecule has 0 bridgehead atoms. The molecule has 0 fully saturated rings. The zero-order chi connectivity index (χ0) is 15.4. The van der Waals surface area contributed by atoms with Gasteiger partial charge in [-0.2, -0.15) is 0 Å². The standard InChI is InChI=1S/C17H19NO3/c1-12-4-6-13(7-5-12)15(10-16(19)17(20)21-3)14-8-9-18(2)11-14/h4-9,11,15H,10H2,1-3H3/t15-/m1/s1. The molecule has 0 aliphatic heterocycles. The van der Waals surface area contributed by atoms with Crippen LogP contribution >= 0.6 is 0 Å². The molecule has 1 aromatic carbocycles. The number of esters is 1. The van der Waals surface area contributed by atoms with Gasteiger partial charge in [0.2, 0.25) is 5.78 Å². The van der Waals surface area contributed by atoms with Crippen molar-refractivity contribution in [3.8, 4) is 0 Å². The molecule has 2 aromatic rings. The van der Waals surface area contributed by atoms with Crippen LogP contribution in [0, 0.1) is 6.92 Å². The first-order valence-corrected chi connectivity index (χ1v) is 6.81. The highest BCUT2D eigenvalue weighted by Gasteiger charge is 2.23. The minimum atomic E-state index is -0.789. The summed E-state index contributed by atoms with van der Waals surface area (Å²) in [6.45, 7) is 2.01. The van der Waals surface area contributed by atoms with E-state index in [0.717, 1.165) is 16.7 Å². The Labute approximate surface area is 124 Å². The normalized spacial score (nSPS) is 12.0. The molecule has 0 unspecified atom stereocenters. The number of methoxy groups -OCH3 is 1. The van der Waals surface area contributed by atoms with Crippen molar-refractivity contribution in [3.63, 3.8) is 0 Å². The molecule has 4 heteroatoms. The number of Topliss-reactive ketones (excluding diaryl/α,β-unsaturated/α-hetero) is 1. The molecule has 1 aromatic heterocycles. The van der Waals surface area contributed by atoms with Gasteiger partial charge in [-0.05, 0) is 24.1 Å². The van der Waals surface area contributed by atoms with E-state index in [1.807, 2.05) is 61.3 Å². The Kier molecular flexibility index (Phi) is 4.58. The molecular formula is C17H19NO3. The van der Waals surface area contributed by atoms with Gasteiger partial charge < -0.3 is 9.30 Å². The van der Waals surface area contributed by atoms with Crippen molar-refractivity contribution in [1.82, 2.24) is 4.57 Å². The Morgan fingerprint density at radius 2 is 1.81 bits per heavy atom. The number of ketones is 1. The molecule has 0 N–H and O–H groups in total. The lowest BCUT2D eigenvalue weighted by Gasteiger charge is -2.15. The van der Waals surface area contributed by atoms with Gasteiger partial charge in [-0.3, -0.25) is 4.79 Å². The van der Waals surface area contributed by atoms with Crippen molar-refractivity contribution >= 4 is 11.8 Å². The fourth-order valence-corrected chi connectivity index (χ4v) is 2.34. The van der Waals surface area contributed by atoms with Gasteiger partial charge in [0.15, 0.2) is 0 Å². The van der Waals surface area contributed by atoms with Crippen LogP contribution in [-0.2, 0) is 21.4 Å². The lowest BCUT2D eigenvalue weighted by Crippen LogP contribution is -2.19. The summed E-state index contributed by atoms with van der Waals surface area (Å²) in [6.07, 6.45) is 4.01. The van der Waals surface area contributed by atoms with E-state index in [1.165, 1.54) is 7.11 Å². The first kappa shape index (κ1) is 15.0. The van der Waals surface area contributed by atoms with Gasteiger partial charge >= 0.3 is 5.97 Å². The van der Waals surface area contributed by atoms with Crippen LogP contribution in [-0.4, -0.2) is 23.4 Å². The third-order valence-corrected chi connectivity index (χ3v) is 3.54. The summed E-state index contributed by atoms with van der Waals surface area (Å²) in [7, 11) is 3.15. The van der Waals surface area contributed by atoms with Crippen molar-refractivity contribution in [2.24, 2.45) is 7.05 Å². The predicted octanol–water partition coefficient (Wildman–Crippen LogP) is 2.60. The van der Waals surface area contributed by atoms with Crippen molar-refractivity contribution in [3.05, 3.63) is 59.4 Å². The van der Waals surface area contributed by atoms with Gasteiger partial charge in [0.05, 0.1) is 7.11 Å².